The zero-order valence-electron chi connectivity index (χ0n) is 11.2. The van der Waals surface area contributed by atoms with Crippen molar-refractivity contribution in [3.8, 4) is 5.75 Å². The molecule has 3 rings (SSSR count). The average Bonchev–Trinajstić information content (AvgIpc) is 2.95. The molecule has 1 aromatic carbocycles. The summed E-state index contributed by atoms with van der Waals surface area (Å²) in [6, 6.07) is 9.48. The number of aromatic nitrogens is 4. The van der Waals surface area contributed by atoms with Gasteiger partial charge >= 0.3 is 0 Å². The van der Waals surface area contributed by atoms with Gasteiger partial charge in [-0.25, -0.2) is 0 Å². The number of aliphatic hydroxyl groups is 1. The molecular formula is C14H18N4O2. The molecule has 0 unspecified atom stereocenters. The van der Waals surface area contributed by atoms with Crippen LogP contribution >= 0.6 is 0 Å². The highest BCUT2D eigenvalue weighted by atomic mass is 16.5. The highest BCUT2D eigenvalue weighted by Gasteiger charge is 2.26. The number of tetrazole rings is 1. The summed E-state index contributed by atoms with van der Waals surface area (Å²) in [5.74, 6) is 1.31. The van der Waals surface area contributed by atoms with Crippen molar-refractivity contribution in [1.82, 2.24) is 20.2 Å². The van der Waals surface area contributed by atoms with E-state index in [1.54, 1.807) is 0 Å². The standard InChI is InChI=1S/C14H18N4O2/c19-13-9-5-4-8-12(13)18-16-14(15-17-18)10-20-11-6-2-1-3-7-11/h1-3,6-7,12-13,19H,4-5,8-10H2/t12-,13-/m0/s1. The molecule has 106 valence electrons. The number of hydrogen-bond donors (Lipinski definition) is 1. The lowest BCUT2D eigenvalue weighted by Crippen LogP contribution is -2.29. The first kappa shape index (κ1) is 13.1. The number of para-hydroxylation sites is 1. The van der Waals surface area contributed by atoms with Gasteiger partial charge in [0.05, 0.1) is 12.1 Å². The van der Waals surface area contributed by atoms with Gasteiger partial charge in [-0.1, -0.05) is 31.0 Å². The Balaban J connectivity index is 1.62. The van der Waals surface area contributed by atoms with Crippen molar-refractivity contribution in [3.63, 3.8) is 0 Å². The fraction of sp³-hybridized carbons (Fsp3) is 0.500. The Labute approximate surface area is 117 Å². The number of rotatable bonds is 4. The molecule has 0 spiro atoms. The van der Waals surface area contributed by atoms with Crippen molar-refractivity contribution in [2.45, 2.75) is 44.4 Å². The van der Waals surface area contributed by atoms with Crippen LogP contribution in [0.1, 0.15) is 37.5 Å². The Kier molecular flexibility index (Phi) is 3.92. The Morgan fingerprint density at radius 1 is 1.20 bits per heavy atom. The minimum absolute atomic E-state index is 0.0540. The van der Waals surface area contributed by atoms with Gasteiger partial charge in [0.1, 0.15) is 5.75 Å². The van der Waals surface area contributed by atoms with Crippen LogP contribution in [0.3, 0.4) is 0 Å². The number of benzene rings is 1. The third-order valence-electron chi connectivity index (χ3n) is 3.57. The molecule has 2 atom stereocenters. The van der Waals surface area contributed by atoms with E-state index in [0.717, 1.165) is 31.4 Å². The van der Waals surface area contributed by atoms with Gasteiger partial charge in [0, 0.05) is 0 Å². The predicted molar refractivity (Wildman–Crippen MR) is 72.1 cm³/mol. The molecule has 0 saturated heterocycles. The molecule has 1 aromatic heterocycles. The van der Waals surface area contributed by atoms with Gasteiger partial charge in [-0.3, -0.25) is 0 Å². The molecule has 20 heavy (non-hydrogen) atoms. The lowest BCUT2D eigenvalue weighted by Gasteiger charge is -2.25. The van der Waals surface area contributed by atoms with Crippen LogP contribution in [-0.2, 0) is 6.61 Å². The van der Waals surface area contributed by atoms with Crippen LogP contribution in [0.4, 0.5) is 0 Å². The molecule has 1 aliphatic rings. The van der Waals surface area contributed by atoms with Gasteiger partial charge in [0.15, 0.2) is 6.61 Å². The van der Waals surface area contributed by atoms with E-state index in [1.165, 1.54) is 4.80 Å². The quantitative estimate of drug-likeness (QED) is 0.919. The summed E-state index contributed by atoms with van der Waals surface area (Å²) < 4.78 is 5.58. The second kappa shape index (κ2) is 6.00. The summed E-state index contributed by atoms with van der Waals surface area (Å²) in [4.78, 5) is 1.54. The normalized spacial score (nSPS) is 22.6. The SMILES string of the molecule is O[C@H]1CCCC[C@@H]1n1nnc(COc2ccccc2)n1. The van der Waals surface area contributed by atoms with Gasteiger partial charge in [-0.2, -0.15) is 4.80 Å². The Morgan fingerprint density at radius 2 is 2.00 bits per heavy atom. The van der Waals surface area contributed by atoms with E-state index in [4.69, 9.17) is 4.74 Å². The first-order valence-corrected chi connectivity index (χ1v) is 6.97. The van der Waals surface area contributed by atoms with Crippen LogP contribution in [0.2, 0.25) is 0 Å². The first-order valence-electron chi connectivity index (χ1n) is 6.97. The first-order chi connectivity index (χ1) is 9.83. The maximum Gasteiger partial charge on any atom is 0.212 e. The van der Waals surface area contributed by atoms with Gasteiger partial charge in [0.25, 0.3) is 0 Å². The van der Waals surface area contributed by atoms with E-state index in [2.05, 4.69) is 15.4 Å². The third kappa shape index (κ3) is 2.96. The Bertz CT molecular complexity index is 543. The van der Waals surface area contributed by atoms with E-state index in [-0.39, 0.29) is 18.8 Å². The topological polar surface area (TPSA) is 73.1 Å². The fourth-order valence-electron chi connectivity index (χ4n) is 2.48. The van der Waals surface area contributed by atoms with Crippen molar-refractivity contribution in [1.29, 1.82) is 0 Å². The van der Waals surface area contributed by atoms with Crippen molar-refractivity contribution >= 4 is 0 Å². The van der Waals surface area contributed by atoms with Crippen LogP contribution < -0.4 is 4.74 Å². The van der Waals surface area contributed by atoms with E-state index in [1.807, 2.05) is 30.3 Å². The summed E-state index contributed by atoms with van der Waals surface area (Å²) in [6.45, 7) is 0.285. The molecule has 1 aliphatic carbocycles. The lowest BCUT2D eigenvalue weighted by molar-refractivity contribution is 0.0610. The van der Waals surface area contributed by atoms with E-state index >= 15 is 0 Å². The van der Waals surface area contributed by atoms with Crippen LogP contribution in [0.15, 0.2) is 30.3 Å². The summed E-state index contributed by atoms with van der Waals surface area (Å²) in [5, 5.41) is 22.3. The van der Waals surface area contributed by atoms with Gasteiger partial charge in [-0.15, -0.1) is 10.2 Å². The smallest absolute Gasteiger partial charge is 0.212 e. The molecule has 1 saturated carbocycles. The lowest BCUT2D eigenvalue weighted by atomic mass is 9.93. The van der Waals surface area contributed by atoms with Crippen LogP contribution in [-0.4, -0.2) is 31.4 Å². The number of aliphatic hydroxyl groups excluding tert-OH is 1. The molecule has 6 heteroatoms. The van der Waals surface area contributed by atoms with Crippen molar-refractivity contribution in [2.24, 2.45) is 0 Å². The Hall–Kier alpha value is -1.95. The summed E-state index contributed by atoms with van der Waals surface area (Å²) >= 11 is 0. The van der Waals surface area contributed by atoms with Crippen LogP contribution in [0.25, 0.3) is 0 Å². The predicted octanol–water partition coefficient (Wildman–Crippen LogP) is 1.73. The molecule has 2 aromatic rings. The molecule has 0 aliphatic heterocycles. The minimum atomic E-state index is -0.374. The largest absolute Gasteiger partial charge is 0.485 e. The van der Waals surface area contributed by atoms with Crippen molar-refractivity contribution < 1.29 is 9.84 Å². The van der Waals surface area contributed by atoms with E-state index in [0.29, 0.717) is 5.82 Å². The third-order valence-corrected chi connectivity index (χ3v) is 3.57. The number of hydrogen-bond acceptors (Lipinski definition) is 5. The molecule has 0 radical (unpaired) electrons. The maximum absolute atomic E-state index is 9.98. The summed E-state index contributed by atoms with van der Waals surface area (Å²) in [6.07, 6.45) is 3.49. The molecule has 0 amide bonds. The summed E-state index contributed by atoms with van der Waals surface area (Å²) in [7, 11) is 0. The maximum atomic E-state index is 9.98. The minimum Gasteiger partial charge on any atom is -0.485 e. The Morgan fingerprint density at radius 3 is 2.80 bits per heavy atom. The molecule has 1 N–H and O–H groups in total. The van der Waals surface area contributed by atoms with E-state index in [9.17, 15) is 5.11 Å². The monoisotopic (exact) mass is 274 g/mol. The van der Waals surface area contributed by atoms with Gasteiger partial charge < -0.3 is 9.84 Å². The summed E-state index contributed by atoms with van der Waals surface area (Å²) in [5.41, 5.74) is 0. The highest BCUT2D eigenvalue weighted by Crippen LogP contribution is 2.27. The highest BCUT2D eigenvalue weighted by molar-refractivity contribution is 5.20. The zero-order chi connectivity index (χ0) is 13.8. The van der Waals surface area contributed by atoms with Gasteiger partial charge in [-0.05, 0) is 30.2 Å². The van der Waals surface area contributed by atoms with Crippen molar-refractivity contribution in [2.75, 3.05) is 0 Å². The second-order valence-corrected chi connectivity index (χ2v) is 5.05. The molecule has 6 nitrogen and oxygen atoms in total. The van der Waals surface area contributed by atoms with E-state index < -0.39 is 0 Å². The molecule has 1 heterocycles. The number of nitrogens with zero attached hydrogens (tertiary/aromatic N) is 4. The van der Waals surface area contributed by atoms with Crippen LogP contribution in [0, 0.1) is 0 Å². The molecular weight excluding hydrogens is 256 g/mol. The van der Waals surface area contributed by atoms with Gasteiger partial charge in [0.2, 0.25) is 5.82 Å². The second-order valence-electron chi connectivity index (χ2n) is 5.05. The number of ether oxygens (including phenoxy) is 1. The molecule has 1 fully saturated rings. The van der Waals surface area contributed by atoms with Crippen molar-refractivity contribution in [3.05, 3.63) is 36.2 Å². The molecule has 0 bridgehead atoms. The van der Waals surface area contributed by atoms with Crippen LogP contribution in [0.5, 0.6) is 5.75 Å². The average molecular weight is 274 g/mol. The zero-order valence-corrected chi connectivity index (χ0v) is 11.2. The fourth-order valence-corrected chi connectivity index (χ4v) is 2.48.